The number of carbonyl (C=O) groups excluding carboxylic acids is 3. The molecule has 0 saturated carbocycles. The second-order valence-electron chi connectivity index (χ2n) is 10.8. The van der Waals surface area contributed by atoms with E-state index in [0.29, 0.717) is 50.9 Å². The number of guanidine groups is 1. The third kappa shape index (κ3) is 8.99. The average Bonchev–Trinajstić information content (AvgIpc) is 3.15. The van der Waals surface area contributed by atoms with Crippen LogP contribution in [-0.2, 0) is 27.2 Å². The summed E-state index contributed by atoms with van der Waals surface area (Å²) >= 11 is 0. The second kappa shape index (κ2) is 15.1. The van der Waals surface area contributed by atoms with Gasteiger partial charge in [-0.25, -0.2) is 4.39 Å². The Hall–Kier alpha value is -4.51. The van der Waals surface area contributed by atoms with Gasteiger partial charge in [-0.3, -0.25) is 19.8 Å². The predicted molar refractivity (Wildman–Crippen MR) is 165 cm³/mol. The number of hydrogen-bond donors (Lipinski definition) is 6. The number of hydrogen-bond acceptors (Lipinski definition) is 5. The lowest BCUT2D eigenvalue weighted by molar-refractivity contribution is -0.141. The maximum absolute atomic E-state index is 14.0. The molecule has 0 unspecified atom stereocenters. The van der Waals surface area contributed by atoms with Gasteiger partial charge >= 0.3 is 0 Å². The smallest absolute Gasteiger partial charge is 0.242 e. The minimum Gasteiger partial charge on any atom is -0.370 e. The highest BCUT2D eigenvalue weighted by Crippen LogP contribution is 2.21. The molecule has 228 valence electrons. The van der Waals surface area contributed by atoms with E-state index in [1.54, 1.807) is 24.1 Å². The lowest BCUT2D eigenvalue weighted by Crippen LogP contribution is -2.54. The number of rotatable bonds is 12. The van der Waals surface area contributed by atoms with Crippen LogP contribution in [0.25, 0.3) is 10.8 Å². The Morgan fingerprint density at radius 1 is 1.07 bits per heavy atom. The molecule has 7 N–H and O–H groups in total. The number of amides is 3. The fraction of sp³-hybridized carbons (Fsp3) is 0.375. The van der Waals surface area contributed by atoms with Crippen LogP contribution >= 0.6 is 0 Å². The molecule has 1 aliphatic heterocycles. The summed E-state index contributed by atoms with van der Waals surface area (Å²) in [5, 5.41) is 21.4. The molecule has 3 atom stereocenters. The summed E-state index contributed by atoms with van der Waals surface area (Å²) in [4.78, 5) is 41.5. The first-order valence-corrected chi connectivity index (χ1v) is 14.6. The first-order valence-electron chi connectivity index (χ1n) is 14.6. The van der Waals surface area contributed by atoms with Crippen molar-refractivity contribution in [1.82, 2.24) is 26.2 Å². The molecule has 3 aromatic rings. The van der Waals surface area contributed by atoms with Gasteiger partial charge in [-0.05, 0) is 53.3 Å². The normalized spacial score (nSPS) is 17.6. The topological polar surface area (TPSA) is 152 Å². The molecule has 3 aromatic carbocycles. The highest BCUT2D eigenvalue weighted by atomic mass is 19.1. The zero-order valence-corrected chi connectivity index (χ0v) is 24.4. The molecule has 0 aromatic heterocycles. The molecule has 11 heteroatoms. The average molecular weight is 590 g/mol. The molecular formula is C32H40FN7O3. The maximum Gasteiger partial charge on any atom is 0.242 e. The Balaban J connectivity index is 1.49. The Morgan fingerprint density at radius 2 is 1.79 bits per heavy atom. The van der Waals surface area contributed by atoms with Gasteiger partial charge in [0.2, 0.25) is 17.7 Å². The van der Waals surface area contributed by atoms with E-state index in [1.807, 2.05) is 36.4 Å². The second-order valence-corrected chi connectivity index (χ2v) is 10.8. The van der Waals surface area contributed by atoms with Crippen molar-refractivity contribution < 1.29 is 18.8 Å². The van der Waals surface area contributed by atoms with Crippen LogP contribution in [0.4, 0.5) is 4.39 Å². The molecule has 3 amide bonds. The van der Waals surface area contributed by atoms with E-state index in [0.717, 1.165) is 16.3 Å². The van der Waals surface area contributed by atoms with Gasteiger partial charge in [0.15, 0.2) is 5.96 Å². The molecular weight excluding hydrogens is 549 g/mol. The number of likely N-dealkylation sites (N-methyl/N-ethyl adjacent to an activating group) is 1. The van der Waals surface area contributed by atoms with Gasteiger partial charge in [0.05, 0.1) is 12.5 Å². The molecule has 0 bridgehead atoms. The molecule has 0 aliphatic carbocycles. The highest BCUT2D eigenvalue weighted by Gasteiger charge is 2.37. The summed E-state index contributed by atoms with van der Waals surface area (Å²) < 4.78 is 13.2. The SMILES string of the molecule is CNC(=O)[C@H](Cc1ccc2ccccc2c1)N1CC[C@H](CNC(=O)Cc2ccc(F)cc2)N[C@@H](CCCNC(=N)N)C1=O. The summed E-state index contributed by atoms with van der Waals surface area (Å²) in [6.45, 7) is 1.05. The van der Waals surface area contributed by atoms with E-state index < -0.39 is 12.1 Å². The summed E-state index contributed by atoms with van der Waals surface area (Å²) in [5.74, 6) is -1.13. The molecule has 1 heterocycles. The summed E-state index contributed by atoms with van der Waals surface area (Å²) in [6.07, 6.45) is 2.01. The largest absolute Gasteiger partial charge is 0.370 e. The first kappa shape index (κ1) is 31.4. The zero-order valence-electron chi connectivity index (χ0n) is 24.4. The summed E-state index contributed by atoms with van der Waals surface area (Å²) in [6, 6.07) is 18.3. The Bertz CT molecular complexity index is 1430. The predicted octanol–water partition coefficient (Wildman–Crippen LogP) is 1.82. The molecule has 4 rings (SSSR count). The first-order chi connectivity index (χ1) is 20.7. The van der Waals surface area contributed by atoms with Gasteiger partial charge in [0.1, 0.15) is 11.9 Å². The van der Waals surface area contributed by atoms with Crippen LogP contribution in [0.2, 0.25) is 0 Å². The van der Waals surface area contributed by atoms with Crippen molar-refractivity contribution in [1.29, 1.82) is 5.41 Å². The summed E-state index contributed by atoms with van der Waals surface area (Å²) in [5.41, 5.74) is 7.06. The van der Waals surface area contributed by atoms with Gasteiger partial charge in [0, 0.05) is 39.1 Å². The number of benzene rings is 3. The lowest BCUT2D eigenvalue weighted by atomic mass is 9.99. The van der Waals surface area contributed by atoms with Crippen LogP contribution in [0.15, 0.2) is 66.7 Å². The van der Waals surface area contributed by atoms with E-state index in [2.05, 4.69) is 27.3 Å². The van der Waals surface area contributed by atoms with Crippen molar-refractivity contribution in [3.05, 3.63) is 83.7 Å². The Kier molecular flexibility index (Phi) is 11.0. The molecule has 1 aliphatic rings. The van der Waals surface area contributed by atoms with E-state index in [4.69, 9.17) is 11.1 Å². The number of fused-ring (bicyclic) bond motifs is 1. The van der Waals surface area contributed by atoms with Gasteiger partial charge in [-0.2, -0.15) is 0 Å². The number of nitrogens with two attached hydrogens (primary N) is 1. The highest BCUT2D eigenvalue weighted by molar-refractivity contribution is 5.90. The molecule has 1 fully saturated rings. The number of nitrogens with zero attached hydrogens (tertiary/aromatic N) is 1. The van der Waals surface area contributed by atoms with Gasteiger partial charge in [0.25, 0.3) is 0 Å². The molecule has 43 heavy (non-hydrogen) atoms. The van der Waals surface area contributed by atoms with Crippen molar-refractivity contribution >= 4 is 34.5 Å². The minimum absolute atomic E-state index is 0.114. The van der Waals surface area contributed by atoms with Crippen LogP contribution < -0.4 is 27.0 Å². The number of halogens is 1. The quantitative estimate of drug-likeness (QED) is 0.108. The number of nitrogens with one attached hydrogen (secondary N) is 5. The van der Waals surface area contributed by atoms with Gasteiger partial charge in [-0.1, -0.05) is 54.6 Å². The Morgan fingerprint density at radius 3 is 2.51 bits per heavy atom. The van der Waals surface area contributed by atoms with E-state index in [1.165, 1.54) is 12.1 Å². The van der Waals surface area contributed by atoms with Crippen molar-refractivity contribution in [3.63, 3.8) is 0 Å². The minimum atomic E-state index is -0.717. The van der Waals surface area contributed by atoms with E-state index in [9.17, 15) is 18.8 Å². The molecule has 0 spiro atoms. The van der Waals surface area contributed by atoms with Crippen molar-refractivity contribution in [2.24, 2.45) is 5.73 Å². The van der Waals surface area contributed by atoms with Crippen LogP contribution in [0.3, 0.4) is 0 Å². The molecule has 10 nitrogen and oxygen atoms in total. The van der Waals surface area contributed by atoms with E-state index in [-0.39, 0.29) is 42.0 Å². The van der Waals surface area contributed by atoms with Crippen LogP contribution in [0, 0.1) is 11.2 Å². The molecule has 0 radical (unpaired) electrons. The van der Waals surface area contributed by atoms with Gasteiger partial charge in [-0.15, -0.1) is 0 Å². The monoisotopic (exact) mass is 589 g/mol. The fourth-order valence-corrected chi connectivity index (χ4v) is 5.44. The van der Waals surface area contributed by atoms with Crippen molar-refractivity contribution in [2.75, 3.05) is 26.7 Å². The number of carbonyl (C=O) groups is 3. The van der Waals surface area contributed by atoms with Crippen LogP contribution in [-0.4, -0.2) is 73.4 Å². The summed E-state index contributed by atoms with van der Waals surface area (Å²) in [7, 11) is 1.57. The third-order valence-electron chi connectivity index (χ3n) is 7.71. The zero-order chi connectivity index (χ0) is 30.8. The van der Waals surface area contributed by atoms with Crippen molar-refractivity contribution in [3.8, 4) is 0 Å². The van der Waals surface area contributed by atoms with Gasteiger partial charge < -0.3 is 31.9 Å². The maximum atomic E-state index is 14.0. The van der Waals surface area contributed by atoms with Crippen LogP contribution in [0.5, 0.6) is 0 Å². The van der Waals surface area contributed by atoms with Crippen molar-refractivity contribution in [2.45, 2.75) is 50.2 Å². The van der Waals surface area contributed by atoms with Crippen LogP contribution in [0.1, 0.15) is 30.4 Å². The van der Waals surface area contributed by atoms with E-state index >= 15 is 0 Å². The fourth-order valence-electron chi connectivity index (χ4n) is 5.44. The standard InChI is InChI=1S/C32H40FN7O3/c1-36-30(42)28(18-22-8-11-23-5-2-3-6-24(23)17-22)40-16-14-26(39-27(31(40)43)7-4-15-37-32(34)35)20-38-29(41)19-21-9-12-25(33)13-10-21/h2-3,5-6,8-13,17,26-28,39H,4,7,14-16,18-20H2,1H3,(H,36,42)(H,38,41)(H4,34,35,37)/t26-,27+,28+/m1/s1. The molecule has 1 saturated heterocycles. The third-order valence-corrected chi connectivity index (χ3v) is 7.71. The lowest BCUT2D eigenvalue weighted by Gasteiger charge is -2.31. The Labute approximate surface area is 251 Å².